The lowest BCUT2D eigenvalue weighted by Crippen LogP contribution is -2.30. The molecule has 1 aliphatic heterocycles. The number of fused-ring (bicyclic) bond motifs is 1. The van der Waals surface area contributed by atoms with E-state index in [1.807, 2.05) is 0 Å². The van der Waals surface area contributed by atoms with Gasteiger partial charge in [0.2, 0.25) is 0 Å². The van der Waals surface area contributed by atoms with Gasteiger partial charge in [0.15, 0.2) is 0 Å². The van der Waals surface area contributed by atoms with Gasteiger partial charge in [0, 0.05) is 18.7 Å². The van der Waals surface area contributed by atoms with Gasteiger partial charge < -0.3 is 20.1 Å². The van der Waals surface area contributed by atoms with Crippen LogP contribution < -0.4 is 15.5 Å². The van der Waals surface area contributed by atoms with Crippen LogP contribution in [0.15, 0.2) is 18.2 Å². The van der Waals surface area contributed by atoms with Gasteiger partial charge in [0.1, 0.15) is 12.4 Å². The summed E-state index contributed by atoms with van der Waals surface area (Å²) in [6, 6.07) is 5.18. The van der Waals surface area contributed by atoms with E-state index in [0.29, 0.717) is 18.6 Å². The average Bonchev–Trinajstić information content (AvgIpc) is 2.41. The smallest absolute Gasteiger partial charge is 0.488 e. The molecule has 0 spiro atoms. The molecule has 0 aliphatic carbocycles. The third-order valence-corrected chi connectivity index (χ3v) is 2.23. The summed E-state index contributed by atoms with van der Waals surface area (Å²) in [4.78, 5) is 0. The van der Waals surface area contributed by atoms with Crippen LogP contribution in [-0.2, 0) is 6.54 Å². The Morgan fingerprint density at radius 1 is 1.33 bits per heavy atom. The van der Waals surface area contributed by atoms with Crippen LogP contribution in [0, 0.1) is 0 Å². The van der Waals surface area contributed by atoms with Gasteiger partial charge in [-0.1, -0.05) is 12.1 Å². The molecule has 0 saturated carbocycles. The molecule has 0 fully saturated rings. The maximum absolute atomic E-state index is 8.99. The molecule has 1 heterocycles. The molecule has 1 aliphatic rings. The highest BCUT2D eigenvalue weighted by Gasteiger charge is 2.15. The minimum atomic E-state index is -1.41. The van der Waals surface area contributed by atoms with Crippen molar-refractivity contribution in [2.75, 3.05) is 13.2 Å². The normalized spacial score (nSPS) is 14.3. The molecule has 4 nitrogen and oxygen atoms in total. The van der Waals surface area contributed by atoms with Gasteiger partial charge in [-0.2, -0.15) is 0 Å². The number of benzene rings is 1. The van der Waals surface area contributed by atoms with Gasteiger partial charge >= 0.3 is 7.12 Å². The molecule has 1 aromatic rings. The molecule has 6 heteroatoms. The number of halogens is 1. The van der Waals surface area contributed by atoms with Crippen LogP contribution >= 0.6 is 12.4 Å². The minimum Gasteiger partial charge on any atom is -0.492 e. The second-order valence-electron chi connectivity index (χ2n) is 3.27. The Bertz CT molecular complexity index is 335. The molecule has 0 aromatic heterocycles. The summed E-state index contributed by atoms with van der Waals surface area (Å²) in [6.45, 7) is 2.16. The lowest BCUT2D eigenvalue weighted by atomic mass is 9.79. The first kappa shape index (κ1) is 12.3. The monoisotopic (exact) mass is 229 g/mol. The lowest BCUT2D eigenvalue weighted by molar-refractivity contribution is 0.326. The summed E-state index contributed by atoms with van der Waals surface area (Å²) in [7, 11) is -1.41. The second kappa shape index (κ2) is 5.37. The molecule has 15 heavy (non-hydrogen) atoms. The topological polar surface area (TPSA) is 61.7 Å². The number of ether oxygens (including phenoxy) is 1. The van der Waals surface area contributed by atoms with Crippen LogP contribution in [0.2, 0.25) is 0 Å². The summed E-state index contributed by atoms with van der Waals surface area (Å²) in [5.41, 5.74) is 1.46. The largest absolute Gasteiger partial charge is 0.492 e. The van der Waals surface area contributed by atoms with Crippen LogP contribution in [0.3, 0.4) is 0 Å². The maximum atomic E-state index is 8.99. The molecule has 0 saturated heterocycles. The summed E-state index contributed by atoms with van der Waals surface area (Å²) in [6.07, 6.45) is 0. The summed E-state index contributed by atoms with van der Waals surface area (Å²) in [5, 5.41) is 21.2. The van der Waals surface area contributed by atoms with Crippen LogP contribution in [0.5, 0.6) is 5.75 Å². The van der Waals surface area contributed by atoms with Crippen LogP contribution in [0.25, 0.3) is 0 Å². The van der Waals surface area contributed by atoms with E-state index in [4.69, 9.17) is 14.8 Å². The van der Waals surface area contributed by atoms with Gasteiger partial charge in [0.25, 0.3) is 0 Å². The van der Waals surface area contributed by atoms with Gasteiger partial charge in [0.05, 0.1) is 0 Å². The van der Waals surface area contributed by atoms with E-state index in [0.717, 1.165) is 17.9 Å². The molecule has 0 unspecified atom stereocenters. The zero-order valence-electron chi connectivity index (χ0n) is 8.14. The van der Waals surface area contributed by atoms with Gasteiger partial charge in [-0.25, -0.2) is 0 Å². The fourth-order valence-electron chi connectivity index (χ4n) is 1.50. The van der Waals surface area contributed by atoms with Crippen LogP contribution in [0.4, 0.5) is 0 Å². The van der Waals surface area contributed by atoms with Crippen molar-refractivity contribution in [1.82, 2.24) is 5.32 Å². The fraction of sp³-hybridized carbons (Fsp3) is 0.333. The first-order valence-electron chi connectivity index (χ1n) is 4.60. The Morgan fingerprint density at radius 2 is 2.13 bits per heavy atom. The third-order valence-electron chi connectivity index (χ3n) is 2.23. The Kier molecular flexibility index (Phi) is 4.41. The summed E-state index contributed by atoms with van der Waals surface area (Å²) in [5.74, 6) is 0.819. The van der Waals surface area contributed by atoms with E-state index >= 15 is 0 Å². The number of hydrogen-bond acceptors (Lipinski definition) is 4. The number of nitrogens with one attached hydrogen (secondary N) is 1. The van der Waals surface area contributed by atoms with Crippen molar-refractivity contribution >= 4 is 25.0 Å². The summed E-state index contributed by atoms with van der Waals surface area (Å²) < 4.78 is 5.46. The Labute approximate surface area is 94.8 Å². The second-order valence-corrected chi connectivity index (χ2v) is 3.27. The summed E-state index contributed by atoms with van der Waals surface area (Å²) >= 11 is 0. The quantitative estimate of drug-likeness (QED) is 0.556. The van der Waals surface area contributed by atoms with Crippen molar-refractivity contribution in [3.05, 3.63) is 23.8 Å². The highest BCUT2D eigenvalue weighted by molar-refractivity contribution is 6.58. The third kappa shape index (κ3) is 2.85. The van der Waals surface area contributed by atoms with E-state index in [9.17, 15) is 0 Å². The first-order chi connectivity index (χ1) is 6.77. The molecule has 0 amide bonds. The highest BCUT2D eigenvalue weighted by atomic mass is 35.5. The molecular formula is C9H13BClNO3. The van der Waals surface area contributed by atoms with E-state index in [2.05, 4.69) is 5.32 Å². The molecule has 2 rings (SSSR count). The fourth-order valence-corrected chi connectivity index (χ4v) is 1.50. The molecule has 0 atom stereocenters. The van der Waals surface area contributed by atoms with Crippen molar-refractivity contribution in [1.29, 1.82) is 0 Å². The SMILES string of the molecule is Cl.OB(O)c1ccc2c(c1)CNCCO2. The van der Waals surface area contributed by atoms with E-state index in [1.54, 1.807) is 18.2 Å². The molecule has 1 aromatic carbocycles. The number of rotatable bonds is 1. The van der Waals surface area contributed by atoms with Crippen LogP contribution in [-0.4, -0.2) is 30.3 Å². The van der Waals surface area contributed by atoms with E-state index < -0.39 is 7.12 Å². The van der Waals surface area contributed by atoms with Crippen molar-refractivity contribution in [2.24, 2.45) is 0 Å². The van der Waals surface area contributed by atoms with Gasteiger partial charge in [-0.15, -0.1) is 12.4 Å². The first-order valence-corrected chi connectivity index (χ1v) is 4.60. The van der Waals surface area contributed by atoms with Gasteiger partial charge in [-0.3, -0.25) is 0 Å². The molecule has 0 radical (unpaired) electrons. The highest BCUT2D eigenvalue weighted by Crippen LogP contribution is 2.18. The van der Waals surface area contributed by atoms with Crippen molar-refractivity contribution < 1.29 is 14.8 Å². The Hall–Kier alpha value is -0.745. The van der Waals surface area contributed by atoms with Crippen LogP contribution in [0.1, 0.15) is 5.56 Å². The van der Waals surface area contributed by atoms with Crippen molar-refractivity contribution in [3.8, 4) is 5.75 Å². The van der Waals surface area contributed by atoms with E-state index in [1.165, 1.54) is 0 Å². The Balaban J connectivity index is 0.00000112. The number of hydrogen-bond donors (Lipinski definition) is 3. The van der Waals surface area contributed by atoms with Crippen molar-refractivity contribution in [2.45, 2.75) is 6.54 Å². The zero-order valence-corrected chi connectivity index (χ0v) is 8.96. The zero-order chi connectivity index (χ0) is 9.97. The van der Waals surface area contributed by atoms with Gasteiger partial charge in [-0.05, 0) is 11.5 Å². The standard InChI is InChI=1S/C9H12BNO3.ClH/c12-10(13)8-1-2-9-7(5-8)6-11-3-4-14-9;/h1-2,5,11-13H,3-4,6H2;1H. The molecular weight excluding hydrogens is 216 g/mol. The Morgan fingerprint density at radius 3 is 2.87 bits per heavy atom. The van der Waals surface area contributed by atoms with E-state index in [-0.39, 0.29) is 12.4 Å². The molecule has 3 N–H and O–H groups in total. The predicted molar refractivity (Wildman–Crippen MR) is 60.7 cm³/mol. The molecule has 82 valence electrons. The maximum Gasteiger partial charge on any atom is 0.488 e. The molecule has 0 bridgehead atoms. The lowest BCUT2D eigenvalue weighted by Gasteiger charge is -2.08. The van der Waals surface area contributed by atoms with Crippen molar-refractivity contribution in [3.63, 3.8) is 0 Å². The average molecular weight is 229 g/mol. The predicted octanol–water partition coefficient (Wildman–Crippen LogP) is -0.730. The minimum absolute atomic E-state index is 0.